The smallest absolute Gasteiger partial charge is 0.353 e. The number of aromatic nitrogens is 2. The summed E-state index contributed by atoms with van der Waals surface area (Å²) in [6.45, 7) is 7.67. The molecule has 1 fully saturated rings. The maximum Gasteiger partial charge on any atom is 0.421 e. The van der Waals surface area contributed by atoms with E-state index in [1.165, 1.54) is 0 Å². The van der Waals surface area contributed by atoms with Crippen molar-refractivity contribution < 1.29 is 13.2 Å². The van der Waals surface area contributed by atoms with E-state index in [-0.39, 0.29) is 17.8 Å². The maximum absolute atomic E-state index is 13.9. The van der Waals surface area contributed by atoms with Crippen LogP contribution in [-0.4, -0.2) is 47.1 Å². The molecular weight excluding hydrogens is 474 g/mol. The summed E-state index contributed by atoms with van der Waals surface area (Å²) in [4.78, 5) is 12.4. The van der Waals surface area contributed by atoms with Gasteiger partial charge in [-0.15, -0.1) is 0 Å². The third-order valence-electron chi connectivity index (χ3n) is 6.06. The minimum atomic E-state index is -4.54. The van der Waals surface area contributed by atoms with Crippen molar-refractivity contribution in [1.29, 1.82) is 0 Å². The van der Waals surface area contributed by atoms with Crippen LogP contribution in [0.15, 0.2) is 24.4 Å². The molecule has 1 aliphatic heterocycles. The fourth-order valence-electron chi connectivity index (χ4n) is 4.22. The minimum Gasteiger partial charge on any atom is -0.353 e. The molecule has 2 heterocycles. The Kier molecular flexibility index (Phi) is 9.07. The Bertz CT molecular complexity index is 921. The van der Waals surface area contributed by atoms with Gasteiger partial charge in [-0.05, 0) is 69.9 Å². The Hall–Kier alpha value is -1.77. The van der Waals surface area contributed by atoms with Crippen LogP contribution in [0.5, 0.6) is 0 Å². The number of hydrogen-bond acceptors (Lipinski definition) is 5. The molecule has 1 aromatic carbocycles. The summed E-state index contributed by atoms with van der Waals surface area (Å²) in [7, 11) is 0. The van der Waals surface area contributed by atoms with Crippen LogP contribution < -0.4 is 10.2 Å². The Labute approximate surface area is 203 Å². The summed E-state index contributed by atoms with van der Waals surface area (Å²) in [6.07, 6.45) is 0.785. The number of nitrogens with zero attached hydrogens (tertiary/aromatic N) is 4. The Balaban J connectivity index is 1.86. The highest BCUT2D eigenvalue weighted by atomic mass is 35.5. The molecule has 1 aliphatic rings. The molecule has 2 aromatic rings. The van der Waals surface area contributed by atoms with Crippen LogP contribution in [0, 0.1) is 0 Å². The van der Waals surface area contributed by atoms with E-state index in [1.807, 2.05) is 4.90 Å². The van der Waals surface area contributed by atoms with Crippen LogP contribution >= 0.6 is 23.2 Å². The van der Waals surface area contributed by atoms with Crippen LogP contribution in [-0.2, 0) is 6.18 Å². The van der Waals surface area contributed by atoms with Crippen molar-refractivity contribution in [3.8, 4) is 0 Å². The molecule has 5 nitrogen and oxygen atoms in total. The highest BCUT2D eigenvalue weighted by molar-refractivity contribution is 6.42. The molecule has 10 heteroatoms. The lowest BCUT2D eigenvalue weighted by Gasteiger charge is -2.38. The predicted octanol–water partition coefficient (Wildman–Crippen LogP) is 7.03. The lowest BCUT2D eigenvalue weighted by atomic mass is 9.97. The molecule has 33 heavy (non-hydrogen) atoms. The first kappa shape index (κ1) is 25.8. The lowest BCUT2D eigenvalue weighted by molar-refractivity contribution is -0.137. The summed E-state index contributed by atoms with van der Waals surface area (Å²) in [5.41, 5.74) is -0.262. The number of rotatable bonds is 9. The van der Waals surface area contributed by atoms with E-state index in [1.54, 1.807) is 18.2 Å². The molecule has 0 radical (unpaired) electrons. The number of anilines is 3. The zero-order chi connectivity index (χ0) is 24.0. The molecular formula is C23H30Cl2F3N5. The summed E-state index contributed by atoms with van der Waals surface area (Å²) in [5.74, 6) is 0.0245. The number of halogens is 5. The summed E-state index contributed by atoms with van der Waals surface area (Å²) >= 11 is 12.0. The molecule has 182 valence electrons. The van der Waals surface area contributed by atoms with Crippen LogP contribution in [0.3, 0.4) is 0 Å². The zero-order valence-corrected chi connectivity index (χ0v) is 20.4. The van der Waals surface area contributed by atoms with E-state index in [9.17, 15) is 13.2 Å². The van der Waals surface area contributed by atoms with Crippen molar-refractivity contribution in [1.82, 2.24) is 14.9 Å². The van der Waals surface area contributed by atoms with Gasteiger partial charge in [-0.1, -0.05) is 37.0 Å². The largest absolute Gasteiger partial charge is 0.421 e. The second-order valence-electron chi connectivity index (χ2n) is 8.19. The average Bonchev–Trinajstić information content (AvgIpc) is 2.79. The topological polar surface area (TPSA) is 44.3 Å². The third-order valence-corrected chi connectivity index (χ3v) is 6.79. The fourth-order valence-corrected chi connectivity index (χ4v) is 4.52. The van der Waals surface area contributed by atoms with Crippen LogP contribution in [0.1, 0.15) is 51.5 Å². The van der Waals surface area contributed by atoms with Gasteiger partial charge in [-0.25, -0.2) is 4.98 Å². The van der Waals surface area contributed by atoms with E-state index in [0.717, 1.165) is 57.9 Å². The van der Waals surface area contributed by atoms with Gasteiger partial charge in [-0.3, -0.25) is 0 Å². The van der Waals surface area contributed by atoms with Gasteiger partial charge >= 0.3 is 6.18 Å². The quantitative estimate of drug-likeness (QED) is 0.397. The first-order valence-corrected chi connectivity index (χ1v) is 12.1. The molecule has 0 aliphatic carbocycles. The lowest BCUT2D eigenvalue weighted by Crippen LogP contribution is -2.42. The Morgan fingerprint density at radius 3 is 2.58 bits per heavy atom. The minimum absolute atomic E-state index is 0.0168. The molecule has 1 saturated heterocycles. The SMILES string of the molecule is CCN(CC)CCCC1CCCCN1c1nc(Nc2ccc(Cl)c(Cl)c2)ncc1C(F)(F)F. The number of hydrogen-bond donors (Lipinski definition) is 1. The van der Waals surface area contributed by atoms with Crippen molar-refractivity contribution in [2.45, 2.75) is 58.2 Å². The van der Waals surface area contributed by atoms with Crippen LogP contribution in [0.25, 0.3) is 0 Å². The molecule has 0 spiro atoms. The van der Waals surface area contributed by atoms with Crippen LogP contribution in [0.2, 0.25) is 10.0 Å². The summed E-state index contributed by atoms with van der Waals surface area (Å²) in [5, 5.41) is 3.67. The van der Waals surface area contributed by atoms with Crippen molar-refractivity contribution in [2.75, 3.05) is 36.4 Å². The second-order valence-corrected chi connectivity index (χ2v) is 9.01. The highest BCUT2D eigenvalue weighted by Gasteiger charge is 2.38. The van der Waals surface area contributed by atoms with E-state index in [4.69, 9.17) is 23.2 Å². The Morgan fingerprint density at radius 1 is 1.15 bits per heavy atom. The highest BCUT2D eigenvalue weighted by Crippen LogP contribution is 2.38. The monoisotopic (exact) mass is 503 g/mol. The number of nitrogens with one attached hydrogen (secondary N) is 1. The van der Waals surface area contributed by atoms with Crippen molar-refractivity contribution in [3.05, 3.63) is 40.0 Å². The van der Waals surface area contributed by atoms with Gasteiger partial charge < -0.3 is 15.1 Å². The van der Waals surface area contributed by atoms with Crippen molar-refractivity contribution in [2.24, 2.45) is 0 Å². The summed E-state index contributed by atoms with van der Waals surface area (Å²) < 4.78 is 41.6. The molecule has 1 N–H and O–H groups in total. The molecule has 1 atom stereocenters. The number of alkyl halides is 3. The van der Waals surface area contributed by atoms with E-state index >= 15 is 0 Å². The van der Waals surface area contributed by atoms with Gasteiger partial charge in [0.15, 0.2) is 0 Å². The number of piperidine rings is 1. The first-order chi connectivity index (χ1) is 15.7. The van der Waals surface area contributed by atoms with Crippen molar-refractivity contribution >= 4 is 40.7 Å². The molecule has 3 rings (SSSR count). The molecule has 1 unspecified atom stereocenters. The summed E-state index contributed by atoms with van der Waals surface area (Å²) in [6, 6.07) is 4.88. The van der Waals surface area contributed by atoms with Gasteiger partial charge in [-0.2, -0.15) is 18.2 Å². The Morgan fingerprint density at radius 2 is 1.91 bits per heavy atom. The van der Waals surface area contributed by atoms with Crippen LogP contribution in [0.4, 0.5) is 30.6 Å². The normalized spacial score (nSPS) is 17.0. The number of benzene rings is 1. The molecule has 0 saturated carbocycles. The van der Waals surface area contributed by atoms with Crippen molar-refractivity contribution in [3.63, 3.8) is 0 Å². The van der Waals surface area contributed by atoms with E-state index in [2.05, 4.69) is 34.0 Å². The first-order valence-electron chi connectivity index (χ1n) is 11.4. The van der Waals surface area contributed by atoms with Gasteiger partial charge in [0.2, 0.25) is 5.95 Å². The molecule has 0 bridgehead atoms. The van der Waals surface area contributed by atoms with Gasteiger partial charge in [0.1, 0.15) is 11.4 Å². The predicted molar refractivity (Wildman–Crippen MR) is 129 cm³/mol. The van der Waals surface area contributed by atoms with Gasteiger partial charge in [0.05, 0.1) is 10.0 Å². The standard InChI is InChI=1S/C23H30Cl2F3N5/c1-3-32(4-2)12-7-9-17-8-5-6-13-33(17)21-18(23(26,27)28)15-29-22(31-21)30-16-10-11-19(24)20(25)14-16/h10-11,14-15,17H,3-9,12-13H2,1-2H3,(H,29,30,31). The average molecular weight is 504 g/mol. The fraction of sp³-hybridized carbons (Fsp3) is 0.565. The maximum atomic E-state index is 13.9. The second kappa shape index (κ2) is 11.6. The van der Waals surface area contributed by atoms with E-state index in [0.29, 0.717) is 22.3 Å². The van der Waals surface area contributed by atoms with Gasteiger partial charge in [0.25, 0.3) is 0 Å². The van der Waals surface area contributed by atoms with Gasteiger partial charge in [0, 0.05) is 24.5 Å². The zero-order valence-electron chi connectivity index (χ0n) is 18.9. The molecule has 1 aromatic heterocycles. The van der Waals surface area contributed by atoms with E-state index < -0.39 is 11.7 Å². The molecule has 0 amide bonds. The third kappa shape index (κ3) is 6.87.